The number of hydrogen-bond donors (Lipinski definition) is 0. The highest BCUT2D eigenvalue weighted by Crippen LogP contribution is 2.37. The van der Waals surface area contributed by atoms with Crippen LogP contribution in [0.4, 0.5) is 15.8 Å². The molecule has 4 nitrogen and oxygen atoms in total. The second-order valence-electron chi connectivity index (χ2n) is 11.4. The van der Waals surface area contributed by atoms with Gasteiger partial charge in [-0.2, -0.15) is 5.11 Å². The zero-order valence-electron chi connectivity index (χ0n) is 26.8. The summed E-state index contributed by atoms with van der Waals surface area (Å²) >= 11 is 0. The first kappa shape index (κ1) is 33.3. The fraction of sp³-hybridized carbons (Fsp3) is 0.514. The van der Waals surface area contributed by atoms with Gasteiger partial charge >= 0.3 is 0 Å². The van der Waals surface area contributed by atoms with Crippen molar-refractivity contribution in [2.45, 2.75) is 111 Å². The van der Waals surface area contributed by atoms with Gasteiger partial charge in [0.15, 0.2) is 0 Å². The molecule has 0 bridgehead atoms. The molecule has 3 aromatic carbocycles. The predicted octanol–water partition coefficient (Wildman–Crippen LogP) is 12.0. The Hall–Kier alpha value is -3.21. The van der Waals surface area contributed by atoms with Crippen molar-refractivity contribution in [2.75, 3.05) is 13.7 Å². The van der Waals surface area contributed by atoms with Gasteiger partial charge in [-0.15, -0.1) is 5.11 Å². The number of halogens is 1. The first-order valence-electron chi connectivity index (χ1n) is 16.0. The normalized spacial score (nSPS) is 11.5. The van der Waals surface area contributed by atoms with Gasteiger partial charge in [0.25, 0.3) is 0 Å². The molecule has 0 amide bonds. The molecule has 0 aliphatic rings. The van der Waals surface area contributed by atoms with E-state index in [-0.39, 0.29) is 0 Å². The highest BCUT2D eigenvalue weighted by molar-refractivity contribution is 5.73. The fourth-order valence-electron chi connectivity index (χ4n) is 5.38. The summed E-state index contributed by atoms with van der Waals surface area (Å²) in [5, 5.41) is 9.45. The minimum Gasteiger partial charge on any atom is -0.497 e. The minimum absolute atomic E-state index is 0.319. The lowest BCUT2D eigenvalue weighted by atomic mass is 9.93. The van der Waals surface area contributed by atoms with Gasteiger partial charge in [0.2, 0.25) is 0 Å². The van der Waals surface area contributed by atoms with Crippen molar-refractivity contribution in [1.29, 1.82) is 0 Å². The van der Waals surface area contributed by atoms with E-state index in [1.165, 1.54) is 44.9 Å². The first-order chi connectivity index (χ1) is 20.4. The van der Waals surface area contributed by atoms with Gasteiger partial charge in [0, 0.05) is 0 Å². The number of methoxy groups -OCH3 is 1. The summed E-state index contributed by atoms with van der Waals surface area (Å²) < 4.78 is 25.4. The molecule has 0 radical (unpaired) electrons. The highest BCUT2D eigenvalue weighted by atomic mass is 19.1. The van der Waals surface area contributed by atoms with Gasteiger partial charge < -0.3 is 9.47 Å². The molecule has 0 N–H and O–H groups in total. The standard InChI is InChI=1S/C37H51FN2O2/c1-7-10-11-12-13-14-15-16-21-42-36-20-17-32(25-35(36)27(4)5)39-40-37-28(8-2)22-30(23-29(37)9-3)34-19-18-33(41-6)24-31(34)26-38/h17-20,22-25,27H,7-16,21,26H2,1-6H3. The Kier molecular flexibility index (Phi) is 14.0. The lowest BCUT2D eigenvalue weighted by molar-refractivity contribution is 0.300. The molecule has 0 unspecified atom stereocenters. The second kappa shape index (κ2) is 17.7. The molecule has 0 fully saturated rings. The lowest BCUT2D eigenvalue weighted by Crippen LogP contribution is -2.01. The van der Waals surface area contributed by atoms with Gasteiger partial charge in [-0.25, -0.2) is 4.39 Å². The minimum atomic E-state index is -0.548. The smallest absolute Gasteiger partial charge is 0.122 e. The van der Waals surface area contributed by atoms with Crippen LogP contribution < -0.4 is 9.47 Å². The van der Waals surface area contributed by atoms with E-state index in [4.69, 9.17) is 14.6 Å². The maximum atomic E-state index is 13.9. The summed E-state index contributed by atoms with van der Waals surface area (Å²) in [6.45, 7) is 11.1. The van der Waals surface area contributed by atoms with Crippen molar-refractivity contribution < 1.29 is 13.9 Å². The van der Waals surface area contributed by atoms with E-state index in [0.717, 1.165) is 70.8 Å². The summed E-state index contributed by atoms with van der Waals surface area (Å²) in [5.41, 5.74) is 7.59. The molecular formula is C37H51FN2O2. The Morgan fingerprint density at radius 3 is 2.00 bits per heavy atom. The maximum absolute atomic E-state index is 13.9. The monoisotopic (exact) mass is 574 g/mol. The molecule has 0 aliphatic carbocycles. The van der Waals surface area contributed by atoms with Crippen molar-refractivity contribution in [3.8, 4) is 22.6 Å². The number of unbranched alkanes of at least 4 members (excludes halogenated alkanes) is 7. The molecule has 3 aromatic rings. The van der Waals surface area contributed by atoms with Crippen LogP contribution in [0.15, 0.2) is 58.8 Å². The number of azo groups is 1. The Balaban J connectivity index is 1.75. The molecule has 228 valence electrons. The molecule has 0 spiro atoms. The van der Waals surface area contributed by atoms with E-state index in [9.17, 15) is 4.39 Å². The molecule has 0 saturated heterocycles. The Morgan fingerprint density at radius 1 is 0.738 bits per heavy atom. The molecule has 0 saturated carbocycles. The zero-order chi connectivity index (χ0) is 30.3. The van der Waals surface area contributed by atoms with Crippen molar-refractivity contribution in [3.05, 3.63) is 70.8 Å². The summed E-state index contributed by atoms with van der Waals surface area (Å²) in [7, 11) is 1.60. The van der Waals surface area contributed by atoms with E-state index in [1.54, 1.807) is 13.2 Å². The molecule has 42 heavy (non-hydrogen) atoms. The van der Waals surface area contributed by atoms with E-state index in [1.807, 2.05) is 24.3 Å². The molecule has 3 rings (SSSR count). The largest absolute Gasteiger partial charge is 0.497 e. The third-order valence-corrected chi connectivity index (χ3v) is 7.93. The fourth-order valence-corrected chi connectivity index (χ4v) is 5.38. The average Bonchev–Trinajstić information content (AvgIpc) is 3.02. The third-order valence-electron chi connectivity index (χ3n) is 7.93. The van der Waals surface area contributed by atoms with Crippen LogP contribution >= 0.6 is 0 Å². The summed E-state index contributed by atoms with van der Waals surface area (Å²) in [6, 6.07) is 16.0. The van der Waals surface area contributed by atoms with Gasteiger partial charge in [0.1, 0.15) is 18.2 Å². The van der Waals surface area contributed by atoms with Crippen LogP contribution in [0.3, 0.4) is 0 Å². The zero-order valence-corrected chi connectivity index (χ0v) is 26.8. The van der Waals surface area contributed by atoms with Crippen molar-refractivity contribution >= 4 is 11.4 Å². The van der Waals surface area contributed by atoms with Crippen LogP contribution in [-0.4, -0.2) is 13.7 Å². The van der Waals surface area contributed by atoms with Crippen molar-refractivity contribution in [3.63, 3.8) is 0 Å². The number of alkyl halides is 1. The van der Waals surface area contributed by atoms with E-state index < -0.39 is 6.67 Å². The predicted molar refractivity (Wildman–Crippen MR) is 175 cm³/mol. The SMILES string of the molecule is CCCCCCCCCCOc1ccc(N=Nc2c(CC)cc(-c3ccc(OC)cc3CF)cc2CC)cc1C(C)C. The quantitative estimate of drug-likeness (QED) is 0.112. The van der Waals surface area contributed by atoms with Gasteiger partial charge in [-0.3, -0.25) is 0 Å². The van der Waals surface area contributed by atoms with E-state index in [2.05, 4.69) is 57.9 Å². The molecule has 0 atom stereocenters. The number of nitrogens with zero attached hydrogens (tertiary/aromatic N) is 2. The molecule has 0 aliphatic heterocycles. The first-order valence-corrected chi connectivity index (χ1v) is 16.0. The number of ether oxygens (including phenoxy) is 2. The molecular weight excluding hydrogens is 523 g/mol. The van der Waals surface area contributed by atoms with Crippen LogP contribution in [-0.2, 0) is 19.5 Å². The van der Waals surface area contributed by atoms with Gasteiger partial charge in [-0.1, -0.05) is 85.6 Å². The van der Waals surface area contributed by atoms with Crippen LogP contribution in [0.25, 0.3) is 11.1 Å². The Morgan fingerprint density at radius 2 is 1.40 bits per heavy atom. The molecule has 5 heteroatoms. The van der Waals surface area contributed by atoms with Crippen LogP contribution in [0.2, 0.25) is 0 Å². The van der Waals surface area contributed by atoms with Crippen molar-refractivity contribution in [1.82, 2.24) is 0 Å². The maximum Gasteiger partial charge on any atom is 0.122 e. The topological polar surface area (TPSA) is 43.2 Å². The van der Waals surface area contributed by atoms with Gasteiger partial charge in [0.05, 0.1) is 25.1 Å². The third kappa shape index (κ3) is 9.40. The highest BCUT2D eigenvalue weighted by Gasteiger charge is 2.14. The van der Waals surface area contributed by atoms with Crippen LogP contribution in [0, 0.1) is 0 Å². The summed E-state index contributed by atoms with van der Waals surface area (Å²) in [5.74, 6) is 1.93. The van der Waals surface area contributed by atoms with E-state index in [0.29, 0.717) is 17.2 Å². The van der Waals surface area contributed by atoms with Crippen LogP contribution in [0.1, 0.15) is 114 Å². The number of rotatable bonds is 18. The van der Waals surface area contributed by atoms with Crippen molar-refractivity contribution in [2.24, 2.45) is 10.2 Å². The average molecular weight is 575 g/mol. The molecule has 0 aromatic heterocycles. The summed E-state index contributed by atoms with van der Waals surface area (Å²) in [6.07, 6.45) is 11.9. The number of benzene rings is 3. The van der Waals surface area contributed by atoms with Crippen LogP contribution in [0.5, 0.6) is 11.5 Å². The molecule has 0 heterocycles. The Labute approximate surface area is 253 Å². The van der Waals surface area contributed by atoms with E-state index >= 15 is 0 Å². The number of aryl methyl sites for hydroxylation is 2. The van der Waals surface area contributed by atoms with Gasteiger partial charge in [-0.05, 0) is 101 Å². The lowest BCUT2D eigenvalue weighted by Gasteiger charge is -2.15. The number of hydrogen-bond acceptors (Lipinski definition) is 4. The summed E-state index contributed by atoms with van der Waals surface area (Å²) in [4.78, 5) is 0. The Bertz CT molecular complexity index is 1260. The second-order valence-corrected chi connectivity index (χ2v) is 11.4.